The highest BCUT2D eigenvalue weighted by molar-refractivity contribution is 5.76. The Balaban J connectivity index is 1.29. The monoisotopic (exact) mass is 362 g/mol. The molecule has 144 valence electrons. The van der Waals surface area contributed by atoms with Crippen molar-refractivity contribution in [2.75, 3.05) is 19.7 Å². The summed E-state index contributed by atoms with van der Waals surface area (Å²) >= 11 is 0. The lowest BCUT2D eigenvalue weighted by molar-refractivity contribution is -0.122. The molecular weight excluding hydrogens is 332 g/mol. The lowest BCUT2D eigenvalue weighted by Gasteiger charge is -2.21. The van der Waals surface area contributed by atoms with E-state index >= 15 is 0 Å². The van der Waals surface area contributed by atoms with E-state index < -0.39 is 0 Å². The zero-order valence-electron chi connectivity index (χ0n) is 15.5. The molecule has 3 fully saturated rings. The van der Waals surface area contributed by atoms with Crippen molar-refractivity contribution >= 4 is 5.91 Å². The summed E-state index contributed by atoms with van der Waals surface area (Å²) in [7, 11) is 0. The molecule has 2 saturated heterocycles. The highest BCUT2D eigenvalue weighted by atomic mass is 16.5. The Labute approximate surface area is 154 Å². The van der Waals surface area contributed by atoms with Crippen molar-refractivity contribution in [2.24, 2.45) is 0 Å². The van der Waals surface area contributed by atoms with E-state index in [2.05, 4.69) is 25.7 Å². The van der Waals surface area contributed by atoms with Gasteiger partial charge in [0.2, 0.25) is 5.91 Å². The van der Waals surface area contributed by atoms with Crippen LogP contribution in [0.1, 0.15) is 63.6 Å². The van der Waals surface area contributed by atoms with Gasteiger partial charge in [-0.15, -0.1) is 5.10 Å². The molecule has 1 unspecified atom stereocenters. The van der Waals surface area contributed by atoms with Crippen molar-refractivity contribution in [1.29, 1.82) is 0 Å². The van der Waals surface area contributed by atoms with Gasteiger partial charge >= 0.3 is 0 Å². The molecule has 1 amide bonds. The van der Waals surface area contributed by atoms with Gasteiger partial charge < -0.3 is 10.1 Å². The van der Waals surface area contributed by atoms with Crippen LogP contribution in [0.5, 0.6) is 0 Å². The Morgan fingerprint density at radius 3 is 2.69 bits per heavy atom. The maximum atomic E-state index is 12.5. The van der Waals surface area contributed by atoms with Crippen molar-refractivity contribution in [3.8, 4) is 0 Å². The molecule has 8 nitrogen and oxygen atoms in total. The molecule has 1 N–H and O–H groups in total. The summed E-state index contributed by atoms with van der Waals surface area (Å²) in [4.78, 5) is 14.9. The first-order valence-electron chi connectivity index (χ1n) is 10.1. The van der Waals surface area contributed by atoms with Gasteiger partial charge in [-0.1, -0.05) is 25.7 Å². The van der Waals surface area contributed by atoms with E-state index in [4.69, 9.17) is 4.74 Å². The van der Waals surface area contributed by atoms with E-state index in [1.165, 1.54) is 38.5 Å². The Morgan fingerprint density at radius 1 is 1.15 bits per heavy atom. The van der Waals surface area contributed by atoms with Crippen LogP contribution >= 0.6 is 0 Å². The Hall–Kier alpha value is -1.54. The number of likely N-dealkylation sites (tertiary alicyclic amines) is 1. The SMILES string of the molecule is O=C(Cn1nnnc1CN1CCCCCC1)NC1COC2(CCCC2)C1. The quantitative estimate of drug-likeness (QED) is 0.849. The summed E-state index contributed by atoms with van der Waals surface area (Å²) in [5.41, 5.74) is 0.0324. The molecule has 0 aromatic carbocycles. The van der Waals surface area contributed by atoms with E-state index in [0.717, 1.165) is 44.7 Å². The summed E-state index contributed by atoms with van der Waals surface area (Å²) in [5.74, 6) is 0.745. The largest absolute Gasteiger partial charge is 0.373 e. The van der Waals surface area contributed by atoms with Crippen LogP contribution in [0.2, 0.25) is 0 Å². The number of hydrogen-bond donors (Lipinski definition) is 1. The van der Waals surface area contributed by atoms with Crippen LogP contribution in [0.3, 0.4) is 0 Å². The van der Waals surface area contributed by atoms with E-state index in [1.807, 2.05) is 0 Å². The molecule has 2 aliphatic heterocycles. The minimum atomic E-state index is -0.0296. The molecule has 3 heterocycles. The van der Waals surface area contributed by atoms with Crippen LogP contribution in [0, 0.1) is 0 Å². The van der Waals surface area contributed by atoms with Gasteiger partial charge in [0.1, 0.15) is 6.54 Å². The molecule has 1 aliphatic carbocycles. The lowest BCUT2D eigenvalue weighted by Crippen LogP contribution is -2.39. The zero-order chi connectivity index (χ0) is 17.8. The number of tetrazole rings is 1. The van der Waals surface area contributed by atoms with Gasteiger partial charge in [0.25, 0.3) is 0 Å². The maximum Gasteiger partial charge on any atom is 0.242 e. The van der Waals surface area contributed by atoms with Crippen molar-refractivity contribution in [3.63, 3.8) is 0 Å². The highest BCUT2D eigenvalue weighted by Gasteiger charge is 2.42. The first-order valence-corrected chi connectivity index (χ1v) is 10.1. The number of carbonyl (C=O) groups excluding carboxylic acids is 1. The predicted molar refractivity (Wildman–Crippen MR) is 95.3 cm³/mol. The van der Waals surface area contributed by atoms with Gasteiger partial charge in [0.05, 0.1) is 24.8 Å². The summed E-state index contributed by atoms with van der Waals surface area (Å²) < 4.78 is 7.66. The number of carbonyl (C=O) groups is 1. The summed E-state index contributed by atoms with van der Waals surface area (Å²) in [5, 5.41) is 15.1. The van der Waals surface area contributed by atoms with Crippen molar-refractivity contribution < 1.29 is 9.53 Å². The second-order valence-corrected chi connectivity index (χ2v) is 8.11. The number of aromatic nitrogens is 4. The molecule has 1 aromatic heterocycles. The minimum absolute atomic E-state index is 0.0296. The molecule has 0 bridgehead atoms. The maximum absolute atomic E-state index is 12.5. The van der Waals surface area contributed by atoms with Crippen molar-refractivity contribution in [1.82, 2.24) is 30.4 Å². The molecule has 8 heteroatoms. The molecule has 1 saturated carbocycles. The number of ether oxygens (including phenoxy) is 1. The van der Waals surface area contributed by atoms with Crippen LogP contribution in [-0.2, 0) is 22.6 Å². The standard InChI is InChI=1S/C18H30N6O2/c25-17(19-15-11-18(26-14-15)7-3-4-8-18)13-24-16(20-21-22-24)12-23-9-5-1-2-6-10-23/h15H,1-14H2,(H,19,25). The average molecular weight is 362 g/mol. The Bertz CT molecular complexity index is 605. The van der Waals surface area contributed by atoms with Gasteiger partial charge in [-0.3, -0.25) is 9.69 Å². The molecule has 1 aromatic rings. The molecule has 3 aliphatic rings. The van der Waals surface area contributed by atoms with Crippen LogP contribution < -0.4 is 5.32 Å². The number of hydrogen-bond acceptors (Lipinski definition) is 6. The van der Waals surface area contributed by atoms with Gasteiger partial charge in [-0.05, 0) is 55.6 Å². The fourth-order valence-electron chi connectivity index (χ4n) is 4.67. The third kappa shape index (κ3) is 4.23. The molecule has 1 spiro atoms. The van der Waals surface area contributed by atoms with Crippen molar-refractivity contribution in [3.05, 3.63) is 5.82 Å². The third-order valence-electron chi connectivity index (χ3n) is 6.05. The van der Waals surface area contributed by atoms with Crippen LogP contribution in [0.15, 0.2) is 0 Å². The lowest BCUT2D eigenvalue weighted by atomic mass is 9.96. The average Bonchev–Trinajstić information content (AvgIpc) is 3.30. The molecule has 1 atom stereocenters. The summed E-state index contributed by atoms with van der Waals surface area (Å²) in [6.07, 6.45) is 10.7. The molecule has 26 heavy (non-hydrogen) atoms. The van der Waals surface area contributed by atoms with E-state index in [-0.39, 0.29) is 24.1 Å². The highest BCUT2D eigenvalue weighted by Crippen LogP contribution is 2.40. The van der Waals surface area contributed by atoms with Gasteiger partial charge in [-0.2, -0.15) is 0 Å². The van der Waals surface area contributed by atoms with Gasteiger partial charge in [0, 0.05) is 0 Å². The van der Waals surface area contributed by atoms with Gasteiger partial charge in [-0.25, -0.2) is 4.68 Å². The fourth-order valence-corrected chi connectivity index (χ4v) is 4.67. The number of nitrogens with zero attached hydrogens (tertiary/aromatic N) is 5. The second-order valence-electron chi connectivity index (χ2n) is 8.11. The predicted octanol–water partition coefficient (Wildman–Crippen LogP) is 1.27. The van der Waals surface area contributed by atoms with Crippen LogP contribution in [0.4, 0.5) is 0 Å². The molecule has 0 radical (unpaired) electrons. The normalized spacial score (nSPS) is 26.2. The molecule has 4 rings (SSSR count). The first kappa shape index (κ1) is 17.9. The minimum Gasteiger partial charge on any atom is -0.373 e. The first-order chi connectivity index (χ1) is 12.7. The van der Waals surface area contributed by atoms with Crippen molar-refractivity contribution in [2.45, 2.75) is 82.5 Å². The fraction of sp³-hybridized carbons (Fsp3) is 0.889. The van der Waals surface area contributed by atoms with Crippen LogP contribution in [-0.4, -0.2) is 62.4 Å². The topological polar surface area (TPSA) is 85.2 Å². The smallest absolute Gasteiger partial charge is 0.242 e. The number of rotatable bonds is 5. The van der Waals surface area contributed by atoms with Gasteiger partial charge in [0.15, 0.2) is 5.82 Å². The number of amides is 1. The number of nitrogens with one attached hydrogen (secondary N) is 1. The van der Waals surface area contributed by atoms with E-state index in [1.54, 1.807) is 4.68 Å². The Kier molecular flexibility index (Phi) is 5.49. The second kappa shape index (κ2) is 8.00. The van der Waals surface area contributed by atoms with Crippen LogP contribution in [0.25, 0.3) is 0 Å². The Morgan fingerprint density at radius 2 is 1.92 bits per heavy atom. The molecular formula is C18H30N6O2. The summed E-state index contributed by atoms with van der Waals surface area (Å²) in [6.45, 7) is 3.69. The van der Waals surface area contributed by atoms with E-state index in [0.29, 0.717) is 6.61 Å². The third-order valence-corrected chi connectivity index (χ3v) is 6.05. The zero-order valence-corrected chi connectivity index (χ0v) is 15.5. The summed E-state index contributed by atoms with van der Waals surface area (Å²) in [6, 6.07) is 0.117. The van der Waals surface area contributed by atoms with E-state index in [9.17, 15) is 4.79 Å².